The summed E-state index contributed by atoms with van der Waals surface area (Å²) in [4.78, 5) is 25.9. The summed E-state index contributed by atoms with van der Waals surface area (Å²) in [6.07, 6.45) is 6.05. The molecule has 1 amide bonds. The van der Waals surface area contributed by atoms with Gasteiger partial charge in [0.15, 0.2) is 11.4 Å². The predicted molar refractivity (Wildman–Crippen MR) is 97.9 cm³/mol. The van der Waals surface area contributed by atoms with Gasteiger partial charge in [-0.1, -0.05) is 6.07 Å². The van der Waals surface area contributed by atoms with E-state index in [1.54, 1.807) is 41.5 Å². The molecule has 1 unspecified atom stereocenters. The standard InChI is InChI=1S/C18H19N7O2/c1-12-6-13(18(2)10-24(3)17(26)27-18)8-14(7-12)22-16-21-11-25(23-16)15-9-19-4-5-20-15/h4-9,11H,10H2,1-3H3,(H,22,23). The van der Waals surface area contributed by atoms with Gasteiger partial charge in [0.05, 0.1) is 12.7 Å². The second kappa shape index (κ2) is 6.35. The van der Waals surface area contributed by atoms with Crippen LogP contribution in [0.1, 0.15) is 18.1 Å². The number of amides is 1. The molecule has 1 atom stereocenters. The molecular formula is C18H19N7O2. The lowest BCUT2D eigenvalue weighted by molar-refractivity contribution is 0.0701. The van der Waals surface area contributed by atoms with Gasteiger partial charge >= 0.3 is 6.09 Å². The monoisotopic (exact) mass is 365 g/mol. The second-order valence-corrected chi connectivity index (χ2v) is 6.74. The predicted octanol–water partition coefficient (Wildman–Crippen LogP) is 2.41. The van der Waals surface area contributed by atoms with Crippen molar-refractivity contribution < 1.29 is 9.53 Å². The number of likely N-dealkylation sites (N-methyl/N-ethyl adjacent to an activating group) is 1. The maximum Gasteiger partial charge on any atom is 0.410 e. The SMILES string of the molecule is Cc1cc(Nc2ncn(-c3cnccn3)n2)cc(C2(C)CN(C)C(=O)O2)c1. The van der Waals surface area contributed by atoms with E-state index in [2.05, 4.69) is 25.4 Å². The first kappa shape index (κ1) is 17.0. The molecule has 2 aromatic heterocycles. The minimum atomic E-state index is -0.694. The minimum absolute atomic E-state index is 0.321. The normalized spacial score (nSPS) is 19.2. The summed E-state index contributed by atoms with van der Waals surface area (Å²) in [6, 6.07) is 5.95. The number of rotatable bonds is 4. The largest absolute Gasteiger partial charge is 0.436 e. The van der Waals surface area contributed by atoms with Crippen molar-refractivity contribution in [3.8, 4) is 5.82 Å². The summed E-state index contributed by atoms with van der Waals surface area (Å²) < 4.78 is 7.12. The topological polar surface area (TPSA) is 98.1 Å². The fourth-order valence-electron chi connectivity index (χ4n) is 3.10. The van der Waals surface area contributed by atoms with Crippen LogP contribution in [-0.4, -0.2) is 49.3 Å². The molecule has 1 aromatic carbocycles. The number of aryl methyl sites for hydroxylation is 1. The van der Waals surface area contributed by atoms with E-state index in [0.29, 0.717) is 18.3 Å². The fraction of sp³-hybridized carbons (Fsp3) is 0.278. The molecule has 9 heteroatoms. The van der Waals surface area contributed by atoms with Gasteiger partial charge < -0.3 is 15.0 Å². The highest BCUT2D eigenvalue weighted by molar-refractivity contribution is 5.71. The van der Waals surface area contributed by atoms with E-state index in [0.717, 1.165) is 16.8 Å². The minimum Gasteiger partial charge on any atom is -0.436 e. The maximum atomic E-state index is 11.8. The van der Waals surface area contributed by atoms with E-state index in [-0.39, 0.29) is 6.09 Å². The molecule has 4 rings (SSSR count). The molecule has 1 fully saturated rings. The summed E-state index contributed by atoms with van der Waals surface area (Å²) in [7, 11) is 1.73. The summed E-state index contributed by atoms with van der Waals surface area (Å²) in [5, 5.41) is 7.57. The van der Waals surface area contributed by atoms with Gasteiger partial charge in [-0.3, -0.25) is 4.98 Å². The van der Waals surface area contributed by atoms with Crippen LogP contribution in [-0.2, 0) is 10.3 Å². The number of aromatic nitrogens is 5. The number of nitrogens with zero attached hydrogens (tertiary/aromatic N) is 6. The van der Waals surface area contributed by atoms with Crippen molar-refractivity contribution in [1.29, 1.82) is 0 Å². The zero-order valence-corrected chi connectivity index (χ0v) is 15.2. The number of benzene rings is 1. The van der Waals surface area contributed by atoms with Crippen LogP contribution in [0.15, 0.2) is 43.1 Å². The zero-order chi connectivity index (χ0) is 19.0. The van der Waals surface area contributed by atoms with Gasteiger partial charge in [0.1, 0.15) is 6.33 Å². The zero-order valence-electron chi connectivity index (χ0n) is 15.2. The molecule has 27 heavy (non-hydrogen) atoms. The van der Waals surface area contributed by atoms with Crippen molar-refractivity contribution >= 4 is 17.7 Å². The van der Waals surface area contributed by atoms with E-state index >= 15 is 0 Å². The Labute approximate surface area is 156 Å². The third kappa shape index (κ3) is 3.31. The molecule has 0 aliphatic carbocycles. The van der Waals surface area contributed by atoms with Gasteiger partial charge in [0.2, 0.25) is 5.95 Å². The lowest BCUT2D eigenvalue weighted by atomic mass is 9.94. The molecule has 138 valence electrons. The lowest BCUT2D eigenvalue weighted by Gasteiger charge is -2.23. The Morgan fingerprint density at radius 2 is 2.07 bits per heavy atom. The molecule has 0 bridgehead atoms. The van der Waals surface area contributed by atoms with Gasteiger partial charge in [-0.05, 0) is 37.1 Å². The van der Waals surface area contributed by atoms with Crippen molar-refractivity contribution in [2.45, 2.75) is 19.4 Å². The molecule has 0 saturated carbocycles. The van der Waals surface area contributed by atoms with Gasteiger partial charge in [0, 0.05) is 25.1 Å². The molecule has 3 aromatic rings. The van der Waals surface area contributed by atoms with E-state index in [1.165, 1.54) is 0 Å². The van der Waals surface area contributed by atoms with Crippen LogP contribution in [0.25, 0.3) is 5.82 Å². The molecule has 1 saturated heterocycles. The maximum absolute atomic E-state index is 11.8. The van der Waals surface area contributed by atoms with Crippen LogP contribution in [0.2, 0.25) is 0 Å². The third-order valence-corrected chi connectivity index (χ3v) is 4.38. The first-order chi connectivity index (χ1) is 12.9. The van der Waals surface area contributed by atoms with E-state index in [9.17, 15) is 4.79 Å². The number of carbonyl (C=O) groups is 1. The Morgan fingerprint density at radius 1 is 1.22 bits per heavy atom. The Kier molecular flexibility index (Phi) is 3.98. The van der Waals surface area contributed by atoms with E-state index in [4.69, 9.17) is 4.74 Å². The summed E-state index contributed by atoms with van der Waals surface area (Å²) in [6.45, 7) is 4.40. The van der Waals surface area contributed by atoms with Crippen molar-refractivity contribution in [3.05, 3.63) is 54.2 Å². The quantitative estimate of drug-likeness (QED) is 0.758. The van der Waals surface area contributed by atoms with Gasteiger partial charge in [0.25, 0.3) is 0 Å². The lowest BCUT2D eigenvalue weighted by Crippen LogP contribution is -2.27. The Hall–Kier alpha value is -3.49. The van der Waals surface area contributed by atoms with Crippen molar-refractivity contribution in [3.63, 3.8) is 0 Å². The summed E-state index contributed by atoms with van der Waals surface area (Å²) in [5.74, 6) is 1.01. The highest BCUT2D eigenvalue weighted by atomic mass is 16.6. The van der Waals surface area contributed by atoms with E-state index < -0.39 is 5.60 Å². The average Bonchev–Trinajstić information content (AvgIpc) is 3.20. The number of cyclic esters (lactones) is 1. The number of nitrogens with one attached hydrogen (secondary N) is 1. The average molecular weight is 365 g/mol. The highest BCUT2D eigenvalue weighted by Gasteiger charge is 2.41. The summed E-state index contributed by atoms with van der Waals surface area (Å²) >= 11 is 0. The molecule has 1 aliphatic heterocycles. The Balaban J connectivity index is 1.59. The number of anilines is 2. The van der Waals surface area contributed by atoms with Gasteiger partial charge in [-0.25, -0.2) is 9.78 Å². The third-order valence-electron chi connectivity index (χ3n) is 4.38. The molecule has 3 heterocycles. The van der Waals surface area contributed by atoms with Gasteiger partial charge in [-0.15, -0.1) is 5.10 Å². The molecule has 0 spiro atoms. The number of ether oxygens (including phenoxy) is 1. The Morgan fingerprint density at radius 3 is 2.78 bits per heavy atom. The van der Waals surface area contributed by atoms with Crippen LogP contribution >= 0.6 is 0 Å². The van der Waals surface area contributed by atoms with Crippen LogP contribution in [0, 0.1) is 6.92 Å². The highest BCUT2D eigenvalue weighted by Crippen LogP contribution is 2.34. The smallest absolute Gasteiger partial charge is 0.410 e. The van der Waals surface area contributed by atoms with Crippen LogP contribution < -0.4 is 5.32 Å². The van der Waals surface area contributed by atoms with Crippen LogP contribution in [0.4, 0.5) is 16.4 Å². The number of carbonyl (C=O) groups excluding carboxylic acids is 1. The van der Waals surface area contributed by atoms with E-state index in [1.807, 2.05) is 32.0 Å². The van der Waals surface area contributed by atoms with Crippen LogP contribution in [0.3, 0.4) is 0 Å². The van der Waals surface area contributed by atoms with Crippen molar-refractivity contribution in [2.75, 3.05) is 18.9 Å². The molecule has 1 N–H and O–H groups in total. The molecular weight excluding hydrogens is 346 g/mol. The molecule has 1 aliphatic rings. The molecule has 0 radical (unpaired) electrons. The van der Waals surface area contributed by atoms with Gasteiger partial charge in [-0.2, -0.15) is 9.67 Å². The summed E-state index contributed by atoms with van der Waals surface area (Å²) in [5.41, 5.74) is 2.07. The number of hydrogen-bond donors (Lipinski definition) is 1. The molecule has 9 nitrogen and oxygen atoms in total. The first-order valence-corrected chi connectivity index (χ1v) is 8.44. The Bertz CT molecular complexity index is 988. The van der Waals surface area contributed by atoms with Crippen molar-refractivity contribution in [1.82, 2.24) is 29.6 Å². The van der Waals surface area contributed by atoms with Crippen molar-refractivity contribution in [2.24, 2.45) is 0 Å². The first-order valence-electron chi connectivity index (χ1n) is 8.44. The van der Waals surface area contributed by atoms with Crippen LogP contribution in [0.5, 0.6) is 0 Å². The second-order valence-electron chi connectivity index (χ2n) is 6.74. The fourth-order valence-corrected chi connectivity index (χ4v) is 3.10. The number of hydrogen-bond acceptors (Lipinski definition) is 7.